The standard InChI is InChI=1S/C9H4BrF3N2S/c10-7-6(9(11,12)13)15-8(16-7)5-2-1-3-14-4-5/h1-4H. The maximum Gasteiger partial charge on any atom is 0.435 e. The van der Waals surface area contributed by atoms with Gasteiger partial charge in [-0.25, -0.2) is 4.98 Å². The van der Waals surface area contributed by atoms with Crippen LogP contribution in [0.3, 0.4) is 0 Å². The Bertz CT molecular complexity index is 495. The van der Waals surface area contributed by atoms with Crippen molar-refractivity contribution in [3.8, 4) is 10.6 Å². The van der Waals surface area contributed by atoms with Crippen LogP contribution in [0.2, 0.25) is 0 Å². The molecule has 0 unspecified atom stereocenters. The first-order chi connectivity index (χ1) is 7.48. The fourth-order valence-corrected chi connectivity index (χ4v) is 2.67. The highest BCUT2D eigenvalue weighted by Gasteiger charge is 2.37. The predicted molar refractivity (Wildman–Crippen MR) is 58.0 cm³/mol. The summed E-state index contributed by atoms with van der Waals surface area (Å²) in [6, 6.07) is 3.32. The minimum Gasteiger partial charge on any atom is -0.264 e. The Morgan fingerprint density at radius 1 is 1.31 bits per heavy atom. The highest BCUT2D eigenvalue weighted by molar-refractivity contribution is 9.11. The Hall–Kier alpha value is -0.950. The minimum absolute atomic E-state index is 0.0150. The lowest BCUT2D eigenvalue weighted by molar-refractivity contribution is -0.141. The van der Waals surface area contributed by atoms with Crippen molar-refractivity contribution in [3.05, 3.63) is 34.0 Å². The molecule has 7 heteroatoms. The van der Waals surface area contributed by atoms with Crippen molar-refractivity contribution in [2.75, 3.05) is 0 Å². The van der Waals surface area contributed by atoms with Crippen LogP contribution in [0, 0.1) is 0 Å². The number of pyridine rings is 1. The molecule has 0 aliphatic carbocycles. The van der Waals surface area contributed by atoms with Gasteiger partial charge in [0.1, 0.15) is 8.79 Å². The van der Waals surface area contributed by atoms with Gasteiger partial charge in [0.05, 0.1) is 0 Å². The van der Waals surface area contributed by atoms with Gasteiger partial charge in [-0.15, -0.1) is 11.3 Å². The van der Waals surface area contributed by atoms with Crippen LogP contribution >= 0.6 is 27.3 Å². The van der Waals surface area contributed by atoms with Crippen LogP contribution in [0.25, 0.3) is 10.6 Å². The Balaban J connectivity index is 2.47. The molecule has 2 heterocycles. The monoisotopic (exact) mass is 308 g/mol. The van der Waals surface area contributed by atoms with Gasteiger partial charge in [0.25, 0.3) is 0 Å². The molecule has 0 bridgehead atoms. The number of nitrogens with zero attached hydrogens (tertiary/aromatic N) is 2. The summed E-state index contributed by atoms with van der Waals surface area (Å²) in [6.45, 7) is 0. The van der Waals surface area contributed by atoms with Crippen LogP contribution in [-0.4, -0.2) is 9.97 Å². The van der Waals surface area contributed by atoms with Crippen molar-refractivity contribution < 1.29 is 13.2 Å². The highest BCUT2D eigenvalue weighted by atomic mass is 79.9. The molecule has 2 aromatic heterocycles. The fourth-order valence-electron chi connectivity index (χ4n) is 1.09. The third kappa shape index (κ3) is 2.25. The largest absolute Gasteiger partial charge is 0.435 e. The molecule has 0 fully saturated rings. The van der Waals surface area contributed by atoms with E-state index in [0.717, 1.165) is 11.3 Å². The van der Waals surface area contributed by atoms with E-state index in [9.17, 15) is 13.2 Å². The highest BCUT2D eigenvalue weighted by Crippen LogP contribution is 2.40. The van der Waals surface area contributed by atoms with Crippen LogP contribution in [0.1, 0.15) is 5.69 Å². The smallest absolute Gasteiger partial charge is 0.264 e. The van der Waals surface area contributed by atoms with Crippen molar-refractivity contribution in [1.29, 1.82) is 0 Å². The first kappa shape index (κ1) is 11.5. The van der Waals surface area contributed by atoms with Gasteiger partial charge in [-0.1, -0.05) is 0 Å². The lowest BCUT2D eigenvalue weighted by atomic mass is 10.3. The SMILES string of the molecule is FC(F)(F)c1nc(-c2cccnc2)sc1Br. The molecule has 0 aliphatic heterocycles. The molecule has 0 aliphatic rings. The first-order valence-electron chi connectivity index (χ1n) is 4.12. The zero-order valence-corrected chi connectivity index (χ0v) is 10.0. The molecule has 0 amide bonds. The number of aromatic nitrogens is 2. The second kappa shape index (κ2) is 4.14. The van der Waals surface area contributed by atoms with Crippen molar-refractivity contribution in [3.63, 3.8) is 0 Å². The first-order valence-corrected chi connectivity index (χ1v) is 5.73. The number of hydrogen-bond acceptors (Lipinski definition) is 3. The molecule has 2 rings (SSSR count). The molecule has 0 saturated heterocycles. The predicted octanol–water partition coefficient (Wildman–Crippen LogP) is 3.99. The molecule has 0 radical (unpaired) electrons. The van der Waals surface area contributed by atoms with Crippen molar-refractivity contribution in [2.45, 2.75) is 6.18 Å². The minimum atomic E-state index is -4.43. The van der Waals surface area contributed by atoms with Crippen molar-refractivity contribution >= 4 is 27.3 Å². The van der Waals surface area contributed by atoms with Crippen molar-refractivity contribution in [2.24, 2.45) is 0 Å². The second-order valence-corrected chi connectivity index (χ2v) is 5.20. The molecule has 2 nitrogen and oxygen atoms in total. The van der Waals surface area contributed by atoms with E-state index in [2.05, 4.69) is 25.9 Å². The Labute approximate surface area is 101 Å². The molecule has 0 saturated carbocycles. The van der Waals surface area contributed by atoms with Crippen LogP contribution in [-0.2, 0) is 6.18 Å². The molecular formula is C9H4BrF3N2S. The molecular weight excluding hydrogens is 305 g/mol. The Kier molecular flexibility index (Phi) is 2.98. The zero-order chi connectivity index (χ0) is 11.8. The maximum absolute atomic E-state index is 12.5. The molecule has 0 aromatic carbocycles. The van der Waals surface area contributed by atoms with Gasteiger partial charge in [0.15, 0.2) is 5.69 Å². The summed E-state index contributed by atoms with van der Waals surface area (Å²) in [5.41, 5.74) is -0.319. The van der Waals surface area contributed by atoms with Crippen LogP contribution in [0.5, 0.6) is 0 Å². The van der Waals surface area contributed by atoms with E-state index >= 15 is 0 Å². The van der Waals surface area contributed by atoms with Gasteiger partial charge in [0.2, 0.25) is 0 Å². The number of thiazole rings is 1. The van der Waals surface area contributed by atoms with E-state index in [4.69, 9.17) is 0 Å². The fraction of sp³-hybridized carbons (Fsp3) is 0.111. The third-order valence-electron chi connectivity index (χ3n) is 1.76. The quantitative estimate of drug-likeness (QED) is 0.796. The van der Waals surface area contributed by atoms with E-state index in [1.165, 1.54) is 6.20 Å². The number of halogens is 4. The van der Waals surface area contributed by atoms with Crippen LogP contribution in [0.4, 0.5) is 13.2 Å². The average Bonchev–Trinajstić information content (AvgIpc) is 2.61. The Morgan fingerprint density at radius 3 is 2.56 bits per heavy atom. The lowest BCUT2D eigenvalue weighted by Gasteiger charge is -2.01. The molecule has 16 heavy (non-hydrogen) atoms. The summed E-state index contributed by atoms with van der Waals surface area (Å²) in [6.07, 6.45) is -1.40. The molecule has 0 atom stereocenters. The van der Waals surface area contributed by atoms with Crippen LogP contribution < -0.4 is 0 Å². The van der Waals surface area contributed by atoms with Gasteiger partial charge in [-0.3, -0.25) is 4.98 Å². The molecule has 2 aromatic rings. The molecule has 84 valence electrons. The van der Waals surface area contributed by atoms with Gasteiger partial charge in [0, 0.05) is 18.0 Å². The van der Waals surface area contributed by atoms with E-state index in [-0.39, 0.29) is 3.79 Å². The van der Waals surface area contributed by atoms with Gasteiger partial charge >= 0.3 is 6.18 Å². The van der Waals surface area contributed by atoms with Crippen molar-refractivity contribution in [1.82, 2.24) is 9.97 Å². The summed E-state index contributed by atoms with van der Waals surface area (Å²) in [4.78, 5) is 7.39. The number of alkyl halides is 3. The lowest BCUT2D eigenvalue weighted by Crippen LogP contribution is -2.05. The number of rotatable bonds is 1. The van der Waals surface area contributed by atoms with Gasteiger partial charge < -0.3 is 0 Å². The topological polar surface area (TPSA) is 25.8 Å². The summed E-state index contributed by atoms with van der Waals surface area (Å²) in [5, 5.41) is 0.298. The molecule has 0 N–H and O–H groups in total. The van der Waals surface area contributed by atoms with E-state index in [0.29, 0.717) is 10.6 Å². The van der Waals surface area contributed by atoms with E-state index in [1.54, 1.807) is 18.3 Å². The third-order valence-corrected chi connectivity index (χ3v) is 3.52. The number of hydrogen-bond donors (Lipinski definition) is 0. The molecule has 0 spiro atoms. The summed E-state index contributed by atoms with van der Waals surface area (Å²) in [5.74, 6) is 0. The second-order valence-electron chi connectivity index (χ2n) is 2.88. The van der Waals surface area contributed by atoms with Gasteiger partial charge in [-0.2, -0.15) is 13.2 Å². The van der Waals surface area contributed by atoms with E-state index in [1.807, 2.05) is 0 Å². The maximum atomic E-state index is 12.5. The van der Waals surface area contributed by atoms with Crippen LogP contribution in [0.15, 0.2) is 28.3 Å². The van der Waals surface area contributed by atoms with E-state index < -0.39 is 11.9 Å². The average molecular weight is 309 g/mol. The normalized spacial score (nSPS) is 11.8. The zero-order valence-electron chi connectivity index (χ0n) is 7.62. The Morgan fingerprint density at radius 2 is 2.06 bits per heavy atom. The summed E-state index contributed by atoms with van der Waals surface area (Å²) < 4.78 is 37.4. The summed E-state index contributed by atoms with van der Waals surface area (Å²) in [7, 11) is 0. The van der Waals surface area contributed by atoms with Gasteiger partial charge in [-0.05, 0) is 28.1 Å². The summed E-state index contributed by atoms with van der Waals surface area (Å²) >= 11 is 3.81.